The maximum absolute atomic E-state index is 13.3. The van der Waals surface area contributed by atoms with E-state index in [0.29, 0.717) is 0 Å². The van der Waals surface area contributed by atoms with Crippen molar-refractivity contribution in [3.63, 3.8) is 0 Å². The number of carboxylic acid groups (broad SMARTS) is 2. The Morgan fingerprint density at radius 3 is 1.68 bits per heavy atom. The predicted molar refractivity (Wildman–Crippen MR) is 207 cm³/mol. The number of aliphatic carboxylic acids is 2. The van der Waals surface area contributed by atoms with Gasteiger partial charge in [-0.2, -0.15) is 0 Å². The molecule has 0 amide bonds. The van der Waals surface area contributed by atoms with Crippen LogP contribution in [0.25, 0.3) is 28.4 Å². The van der Waals surface area contributed by atoms with Crippen molar-refractivity contribution in [3.8, 4) is 57.3 Å². The van der Waals surface area contributed by atoms with Crippen molar-refractivity contribution < 1.29 is 107 Å². The van der Waals surface area contributed by atoms with Crippen LogP contribution in [0.3, 0.4) is 0 Å². The lowest BCUT2D eigenvalue weighted by Crippen LogP contribution is -2.66. The standard InChI is InChI=1S/C40H40O23/c1-54-21-7-14(8-22(55-2)27(21)44)5-6-25(43)60-35-31(48)29(46)34(38(52)53)62-40(35)63-36-32(49)30(47)33(37(50)51)61-39(36)58-16-11-17(41)26-18(42)13-19(59-20(26)12-16)15-9-23(56-3)28(45)24(10-15)57-4/h5-13,29-36,39-41,44-49H,1-4H3,(H,50,51)(H,52,53)/b6-5+/t29-,30-,31-,32-,33-,34-,35+,36+,39+,40-/m0/s1. The Labute approximate surface area is 353 Å². The molecule has 3 aromatic carbocycles. The zero-order chi connectivity index (χ0) is 46.0. The first-order valence-corrected chi connectivity index (χ1v) is 18.3. The molecule has 0 aliphatic carbocycles. The highest BCUT2D eigenvalue weighted by Gasteiger charge is 2.55. The van der Waals surface area contributed by atoms with Crippen molar-refractivity contribution in [2.24, 2.45) is 0 Å². The van der Waals surface area contributed by atoms with E-state index in [1.807, 2.05) is 0 Å². The second-order valence-electron chi connectivity index (χ2n) is 13.7. The fourth-order valence-electron chi connectivity index (χ4n) is 6.68. The molecule has 0 radical (unpaired) electrons. The molecule has 338 valence electrons. The number of benzene rings is 3. The number of carbonyl (C=O) groups is 3. The van der Waals surface area contributed by atoms with Gasteiger partial charge in [0.05, 0.1) is 28.4 Å². The lowest BCUT2D eigenvalue weighted by molar-refractivity contribution is -0.350. The molecule has 0 saturated carbocycles. The Kier molecular flexibility index (Phi) is 13.5. The van der Waals surface area contributed by atoms with Crippen molar-refractivity contribution >= 4 is 35.0 Å². The zero-order valence-corrected chi connectivity index (χ0v) is 33.2. The molecule has 0 unspecified atom stereocenters. The number of carbonyl (C=O) groups excluding carboxylic acids is 1. The number of ether oxygens (including phenoxy) is 9. The van der Waals surface area contributed by atoms with Gasteiger partial charge in [0.15, 0.2) is 59.1 Å². The van der Waals surface area contributed by atoms with E-state index in [0.717, 1.165) is 24.3 Å². The quantitative estimate of drug-likeness (QED) is 0.0597. The lowest BCUT2D eigenvalue weighted by atomic mass is 9.96. The van der Waals surface area contributed by atoms with Gasteiger partial charge in [-0.05, 0) is 35.9 Å². The van der Waals surface area contributed by atoms with Crippen LogP contribution in [0.1, 0.15) is 5.56 Å². The Morgan fingerprint density at radius 1 is 0.651 bits per heavy atom. The van der Waals surface area contributed by atoms with E-state index in [-0.39, 0.29) is 62.4 Å². The van der Waals surface area contributed by atoms with Crippen LogP contribution in [-0.4, -0.2) is 154 Å². The van der Waals surface area contributed by atoms with Gasteiger partial charge >= 0.3 is 17.9 Å². The number of rotatable bonds is 14. The van der Waals surface area contributed by atoms with E-state index in [9.17, 15) is 65.1 Å². The van der Waals surface area contributed by atoms with E-state index in [4.69, 9.17) is 47.0 Å². The fraction of sp³-hybridized carbons (Fsp3) is 0.350. The lowest BCUT2D eigenvalue weighted by Gasteiger charge is -2.45. The molecule has 2 aliphatic rings. The van der Waals surface area contributed by atoms with Crippen LogP contribution in [0.15, 0.2) is 57.8 Å². The molecule has 4 aromatic rings. The molecule has 6 rings (SSSR count). The number of carboxylic acids is 2. The molecule has 63 heavy (non-hydrogen) atoms. The average molecular weight is 889 g/mol. The smallest absolute Gasteiger partial charge is 0.335 e. The monoisotopic (exact) mass is 888 g/mol. The van der Waals surface area contributed by atoms with Crippen molar-refractivity contribution in [3.05, 3.63) is 64.3 Å². The van der Waals surface area contributed by atoms with E-state index in [2.05, 4.69) is 0 Å². The molecule has 2 saturated heterocycles. The van der Waals surface area contributed by atoms with Gasteiger partial charge in [0, 0.05) is 29.8 Å². The van der Waals surface area contributed by atoms with E-state index in [1.165, 1.54) is 58.8 Å². The van der Waals surface area contributed by atoms with Crippen LogP contribution in [-0.2, 0) is 33.3 Å². The second kappa shape index (κ2) is 18.6. The molecule has 10 atom stereocenters. The van der Waals surface area contributed by atoms with Crippen LogP contribution < -0.4 is 29.1 Å². The minimum atomic E-state index is -2.30. The van der Waals surface area contributed by atoms with Crippen molar-refractivity contribution in [2.75, 3.05) is 28.4 Å². The number of hydrogen-bond donors (Lipinski definition) is 9. The van der Waals surface area contributed by atoms with Gasteiger partial charge in [-0.25, -0.2) is 14.4 Å². The number of phenolic OH excluding ortho intramolecular Hbond substituents is 3. The van der Waals surface area contributed by atoms with Gasteiger partial charge in [-0.3, -0.25) is 4.79 Å². The van der Waals surface area contributed by atoms with Crippen LogP contribution in [0.4, 0.5) is 0 Å². The summed E-state index contributed by atoms with van der Waals surface area (Å²) < 4.78 is 54.3. The average Bonchev–Trinajstić information content (AvgIpc) is 3.24. The molecular formula is C40H40O23. The second-order valence-corrected chi connectivity index (χ2v) is 13.7. The van der Waals surface area contributed by atoms with Crippen LogP contribution in [0, 0.1) is 0 Å². The molecule has 0 bridgehead atoms. The Bertz CT molecular complexity index is 2410. The Morgan fingerprint density at radius 2 is 1.16 bits per heavy atom. The molecule has 2 aliphatic heterocycles. The van der Waals surface area contributed by atoms with E-state index in [1.54, 1.807) is 0 Å². The first-order chi connectivity index (χ1) is 29.9. The molecule has 23 heteroatoms. The highest BCUT2D eigenvalue weighted by Crippen LogP contribution is 2.42. The van der Waals surface area contributed by atoms with Crippen molar-refractivity contribution in [1.82, 2.24) is 0 Å². The number of phenols is 3. The van der Waals surface area contributed by atoms with Gasteiger partial charge in [0.2, 0.25) is 17.8 Å². The highest BCUT2D eigenvalue weighted by atomic mass is 16.8. The topological polar surface area (TPSA) is 347 Å². The van der Waals surface area contributed by atoms with Crippen molar-refractivity contribution in [1.29, 1.82) is 0 Å². The summed E-state index contributed by atoms with van der Waals surface area (Å²) in [4.78, 5) is 50.6. The number of hydrogen-bond acceptors (Lipinski definition) is 21. The predicted octanol–water partition coefficient (Wildman–Crippen LogP) is 0.0630. The van der Waals surface area contributed by atoms with Crippen molar-refractivity contribution in [2.45, 2.75) is 61.4 Å². The molecule has 0 spiro atoms. The summed E-state index contributed by atoms with van der Waals surface area (Å²) in [5.74, 6) is -7.03. The molecule has 9 N–H and O–H groups in total. The maximum Gasteiger partial charge on any atom is 0.335 e. The number of aliphatic hydroxyl groups is 4. The zero-order valence-electron chi connectivity index (χ0n) is 33.2. The minimum absolute atomic E-state index is 0.0310. The van der Waals surface area contributed by atoms with E-state index < -0.39 is 96.2 Å². The van der Waals surface area contributed by atoms with Crippen LogP contribution in [0.5, 0.6) is 46.0 Å². The third-order valence-corrected chi connectivity index (χ3v) is 9.84. The normalized spacial score (nSPS) is 25.9. The summed E-state index contributed by atoms with van der Waals surface area (Å²) >= 11 is 0. The summed E-state index contributed by atoms with van der Waals surface area (Å²) in [6.07, 6.45) is -20.2. The largest absolute Gasteiger partial charge is 0.507 e. The third-order valence-electron chi connectivity index (χ3n) is 9.84. The highest BCUT2D eigenvalue weighted by molar-refractivity contribution is 5.88. The van der Waals surface area contributed by atoms with E-state index >= 15 is 0 Å². The minimum Gasteiger partial charge on any atom is -0.507 e. The number of fused-ring (bicyclic) bond motifs is 1. The Hall–Kier alpha value is -6.86. The van der Waals surface area contributed by atoms with Gasteiger partial charge in [0.1, 0.15) is 52.6 Å². The first-order valence-electron chi connectivity index (χ1n) is 18.3. The summed E-state index contributed by atoms with van der Waals surface area (Å²) in [6.45, 7) is 0. The summed E-state index contributed by atoms with van der Waals surface area (Å²) in [5, 5.41) is 94.5. The Balaban J connectivity index is 1.34. The summed E-state index contributed by atoms with van der Waals surface area (Å²) in [5.41, 5.74) is -0.689. The first kappa shape index (κ1) is 45.7. The molecule has 3 heterocycles. The molecule has 2 fully saturated rings. The summed E-state index contributed by atoms with van der Waals surface area (Å²) in [6, 6.07) is 8.24. The van der Waals surface area contributed by atoms with Gasteiger partial charge in [0.25, 0.3) is 0 Å². The number of esters is 1. The fourth-order valence-corrected chi connectivity index (χ4v) is 6.68. The van der Waals surface area contributed by atoms with Crippen LogP contribution in [0.2, 0.25) is 0 Å². The van der Waals surface area contributed by atoms with Crippen LogP contribution >= 0.6 is 0 Å². The molecular weight excluding hydrogens is 848 g/mol. The number of methoxy groups -OCH3 is 4. The number of aliphatic hydroxyl groups excluding tert-OH is 4. The SMILES string of the molecule is COc1cc(/C=C/C(=O)O[C@H]2[C@H](O[C@H]3[C@H](Oc4cc(O)c5c(=O)cc(-c6cc(OC)c(O)c(OC)c6)oc5c4)O[C@H](C(=O)O)[C@@H](O)[C@@H]3O)O[C@H](C(=O)O)[C@@H](O)[C@@H]2O)cc(OC)c1O. The number of aromatic hydroxyl groups is 3. The van der Waals surface area contributed by atoms with Gasteiger partial charge in [-0.1, -0.05) is 0 Å². The third kappa shape index (κ3) is 9.19. The molecule has 23 nitrogen and oxygen atoms in total. The maximum atomic E-state index is 13.3. The summed E-state index contributed by atoms with van der Waals surface area (Å²) in [7, 11) is 5.06. The van der Waals surface area contributed by atoms with Gasteiger partial charge < -0.3 is 93.0 Å². The van der Waals surface area contributed by atoms with Gasteiger partial charge in [-0.15, -0.1) is 0 Å². The molecule has 1 aromatic heterocycles.